The second-order valence-electron chi connectivity index (χ2n) is 4.98. The summed E-state index contributed by atoms with van der Waals surface area (Å²) in [5, 5.41) is 10.9. The number of benzene rings is 2. The smallest absolute Gasteiger partial charge is 0.270 e. The first-order valence-electron chi connectivity index (χ1n) is 6.38. The summed E-state index contributed by atoms with van der Waals surface area (Å²) in [6, 6.07) is 8.12. The highest BCUT2D eigenvalue weighted by molar-refractivity contribution is 5.82. The summed E-state index contributed by atoms with van der Waals surface area (Å²) in [7, 11) is 0. The molecule has 0 amide bonds. The molecule has 2 N–H and O–H groups in total. The lowest BCUT2D eigenvalue weighted by Gasteiger charge is -2.00. The van der Waals surface area contributed by atoms with Crippen molar-refractivity contribution in [3.8, 4) is 11.5 Å². The maximum atomic E-state index is 10.9. The first-order chi connectivity index (χ1) is 9.95. The third kappa shape index (κ3) is 2.20. The van der Waals surface area contributed by atoms with E-state index < -0.39 is 4.92 Å². The zero-order chi connectivity index (χ0) is 15.1. The number of oxazole rings is 1. The van der Waals surface area contributed by atoms with Crippen LogP contribution < -0.4 is 5.73 Å². The second-order valence-corrected chi connectivity index (χ2v) is 4.98. The monoisotopic (exact) mass is 283 g/mol. The molecule has 0 fully saturated rings. The number of non-ortho nitro benzene ring substituents is 1. The van der Waals surface area contributed by atoms with Crippen LogP contribution in [0.4, 0.5) is 11.4 Å². The molecule has 1 aromatic heterocycles. The first kappa shape index (κ1) is 13.1. The molecule has 1 heterocycles. The van der Waals surface area contributed by atoms with E-state index >= 15 is 0 Å². The Bertz CT molecular complexity index is 868. The number of anilines is 1. The maximum Gasteiger partial charge on any atom is 0.270 e. The van der Waals surface area contributed by atoms with E-state index in [-0.39, 0.29) is 5.69 Å². The lowest BCUT2D eigenvalue weighted by Crippen LogP contribution is -1.93. The predicted molar refractivity (Wildman–Crippen MR) is 80.0 cm³/mol. The van der Waals surface area contributed by atoms with Gasteiger partial charge in [0.15, 0.2) is 5.58 Å². The molecule has 21 heavy (non-hydrogen) atoms. The van der Waals surface area contributed by atoms with Crippen LogP contribution in [0, 0.1) is 24.0 Å². The molecular formula is C15H13N3O3. The van der Waals surface area contributed by atoms with Crippen LogP contribution >= 0.6 is 0 Å². The number of hydrogen-bond donors (Lipinski definition) is 1. The van der Waals surface area contributed by atoms with Crippen molar-refractivity contribution in [3.63, 3.8) is 0 Å². The van der Waals surface area contributed by atoms with Gasteiger partial charge < -0.3 is 10.2 Å². The van der Waals surface area contributed by atoms with Crippen molar-refractivity contribution in [3.05, 3.63) is 51.6 Å². The van der Waals surface area contributed by atoms with E-state index in [1.54, 1.807) is 0 Å². The number of aromatic nitrogens is 1. The molecule has 0 aliphatic carbocycles. The number of aryl methyl sites for hydroxylation is 2. The van der Waals surface area contributed by atoms with Crippen molar-refractivity contribution < 1.29 is 9.34 Å². The predicted octanol–water partition coefficient (Wildman–Crippen LogP) is 3.60. The van der Waals surface area contributed by atoms with Gasteiger partial charge in [0.05, 0.1) is 10.5 Å². The summed E-state index contributed by atoms with van der Waals surface area (Å²) < 4.78 is 5.74. The highest BCUT2D eigenvalue weighted by Crippen LogP contribution is 2.32. The number of nitrogen functional groups attached to an aromatic ring is 1. The lowest BCUT2D eigenvalue weighted by atomic mass is 10.1. The van der Waals surface area contributed by atoms with Gasteiger partial charge in [-0.3, -0.25) is 10.1 Å². The number of nitro groups is 1. The van der Waals surface area contributed by atoms with Crippen molar-refractivity contribution in [2.75, 3.05) is 5.73 Å². The second kappa shape index (κ2) is 4.59. The zero-order valence-electron chi connectivity index (χ0n) is 11.6. The lowest BCUT2D eigenvalue weighted by molar-refractivity contribution is -0.384. The van der Waals surface area contributed by atoms with Crippen LogP contribution in [0.2, 0.25) is 0 Å². The number of rotatable bonds is 2. The standard InChI is InChI=1S/C15H13N3O3/c1-8-5-9(2)14-13(6-8)17-15(21-14)11-7-10(18(19)20)3-4-12(11)16/h3-7H,16H2,1-2H3. The molecule has 2 aromatic carbocycles. The highest BCUT2D eigenvalue weighted by Gasteiger charge is 2.16. The van der Waals surface area contributed by atoms with Crippen LogP contribution in [0.25, 0.3) is 22.6 Å². The Morgan fingerprint density at radius 2 is 2.00 bits per heavy atom. The first-order valence-corrected chi connectivity index (χ1v) is 6.38. The van der Waals surface area contributed by atoms with Gasteiger partial charge in [-0.15, -0.1) is 0 Å². The summed E-state index contributed by atoms with van der Waals surface area (Å²) in [4.78, 5) is 14.8. The Balaban J connectivity index is 2.23. The van der Waals surface area contributed by atoms with Gasteiger partial charge in [-0.25, -0.2) is 4.98 Å². The van der Waals surface area contributed by atoms with E-state index in [0.717, 1.165) is 11.1 Å². The van der Waals surface area contributed by atoms with Crippen LogP contribution in [0.3, 0.4) is 0 Å². The molecule has 6 heteroatoms. The van der Waals surface area contributed by atoms with E-state index in [4.69, 9.17) is 10.2 Å². The Morgan fingerprint density at radius 1 is 1.24 bits per heavy atom. The summed E-state index contributed by atoms with van der Waals surface area (Å²) in [5.74, 6) is 0.292. The van der Waals surface area contributed by atoms with Gasteiger partial charge in [-0.05, 0) is 37.1 Å². The average molecular weight is 283 g/mol. The third-order valence-electron chi connectivity index (χ3n) is 3.30. The maximum absolute atomic E-state index is 10.9. The number of nitrogens with zero attached hydrogens (tertiary/aromatic N) is 2. The molecule has 6 nitrogen and oxygen atoms in total. The molecule has 0 aliphatic heterocycles. The van der Waals surface area contributed by atoms with Gasteiger partial charge in [-0.2, -0.15) is 0 Å². The summed E-state index contributed by atoms with van der Waals surface area (Å²) in [6.07, 6.45) is 0. The van der Waals surface area contributed by atoms with E-state index in [0.29, 0.717) is 28.2 Å². The Kier molecular flexibility index (Phi) is 2.86. The Morgan fingerprint density at radius 3 is 2.71 bits per heavy atom. The van der Waals surface area contributed by atoms with Gasteiger partial charge in [0.1, 0.15) is 5.52 Å². The van der Waals surface area contributed by atoms with Crippen molar-refractivity contribution in [1.29, 1.82) is 0 Å². The van der Waals surface area contributed by atoms with E-state index in [1.807, 2.05) is 26.0 Å². The van der Waals surface area contributed by atoms with E-state index in [9.17, 15) is 10.1 Å². The minimum absolute atomic E-state index is 0.0469. The number of hydrogen-bond acceptors (Lipinski definition) is 5. The quantitative estimate of drug-likeness (QED) is 0.440. The van der Waals surface area contributed by atoms with Crippen molar-refractivity contribution in [2.45, 2.75) is 13.8 Å². The fourth-order valence-corrected chi connectivity index (χ4v) is 2.33. The zero-order valence-corrected chi connectivity index (χ0v) is 11.6. The van der Waals surface area contributed by atoms with Crippen LogP contribution in [0.1, 0.15) is 11.1 Å². The molecular weight excluding hydrogens is 270 g/mol. The topological polar surface area (TPSA) is 95.2 Å². The molecule has 0 spiro atoms. The molecule has 0 unspecified atom stereocenters. The summed E-state index contributed by atoms with van der Waals surface area (Å²) in [6.45, 7) is 3.91. The minimum Gasteiger partial charge on any atom is -0.436 e. The fraction of sp³-hybridized carbons (Fsp3) is 0.133. The van der Waals surface area contributed by atoms with Gasteiger partial charge in [0.25, 0.3) is 5.69 Å². The molecule has 0 saturated carbocycles. The average Bonchev–Trinajstić information content (AvgIpc) is 2.82. The summed E-state index contributed by atoms with van der Waals surface area (Å²) in [5.41, 5.74) is 10.1. The minimum atomic E-state index is -0.471. The number of nitro benzene ring substituents is 1. The SMILES string of the molecule is Cc1cc(C)c2oc(-c3cc([N+](=O)[O-])ccc3N)nc2c1. The molecule has 3 aromatic rings. The van der Waals surface area contributed by atoms with Gasteiger partial charge in [0.2, 0.25) is 5.89 Å². The Hall–Kier alpha value is -2.89. The van der Waals surface area contributed by atoms with Crippen molar-refractivity contribution in [2.24, 2.45) is 0 Å². The molecule has 0 bridgehead atoms. The van der Waals surface area contributed by atoms with Crippen LogP contribution in [0.15, 0.2) is 34.7 Å². The van der Waals surface area contributed by atoms with Gasteiger partial charge >= 0.3 is 0 Å². The molecule has 0 aliphatic rings. The van der Waals surface area contributed by atoms with Crippen molar-refractivity contribution >= 4 is 22.5 Å². The normalized spacial score (nSPS) is 11.0. The number of nitrogens with two attached hydrogens (primary N) is 1. The molecule has 106 valence electrons. The Labute approximate surface area is 120 Å². The number of fused-ring (bicyclic) bond motifs is 1. The molecule has 0 atom stereocenters. The van der Waals surface area contributed by atoms with Gasteiger partial charge in [0, 0.05) is 17.8 Å². The molecule has 0 radical (unpaired) electrons. The van der Waals surface area contributed by atoms with Gasteiger partial charge in [-0.1, -0.05) is 6.07 Å². The fourth-order valence-electron chi connectivity index (χ4n) is 2.33. The van der Waals surface area contributed by atoms with E-state index in [2.05, 4.69) is 4.98 Å². The van der Waals surface area contributed by atoms with E-state index in [1.165, 1.54) is 18.2 Å². The largest absolute Gasteiger partial charge is 0.436 e. The van der Waals surface area contributed by atoms with Crippen LogP contribution in [0.5, 0.6) is 0 Å². The summed E-state index contributed by atoms with van der Waals surface area (Å²) >= 11 is 0. The van der Waals surface area contributed by atoms with Crippen molar-refractivity contribution in [1.82, 2.24) is 4.98 Å². The highest BCUT2D eigenvalue weighted by atomic mass is 16.6. The third-order valence-corrected chi connectivity index (χ3v) is 3.30. The molecule has 3 rings (SSSR count). The van der Waals surface area contributed by atoms with Crippen LogP contribution in [-0.4, -0.2) is 9.91 Å². The van der Waals surface area contributed by atoms with Crippen LogP contribution in [-0.2, 0) is 0 Å². The molecule has 0 saturated heterocycles.